The summed E-state index contributed by atoms with van der Waals surface area (Å²) in [5.74, 6) is 0. The minimum Gasteiger partial charge on any atom is -0.354 e. The molecule has 0 aliphatic rings. The van der Waals surface area contributed by atoms with Crippen LogP contribution in [0.4, 0.5) is 0 Å². The van der Waals surface area contributed by atoms with Gasteiger partial charge >= 0.3 is 0 Å². The Kier molecular flexibility index (Phi) is 3.31. The van der Waals surface area contributed by atoms with Crippen molar-refractivity contribution in [2.24, 2.45) is 0 Å². The first-order valence-electron chi connectivity index (χ1n) is 11.2. The highest BCUT2D eigenvalue weighted by Gasteiger charge is 2.17. The summed E-state index contributed by atoms with van der Waals surface area (Å²) < 4.78 is 5.09. The highest BCUT2D eigenvalue weighted by molar-refractivity contribution is 7.26. The standard InChI is InChI=1S/C30H18N2S/c1-2-8-18(9-3-1)32-26-13-7-5-10-19(26)22-16-23-20-14-15-25-29(21-11-4-6-12-24(21)31-25)30(20)33-28(23)17-27(22)32/h1-17,31H. The fraction of sp³-hybridized carbons (Fsp3) is 0. The molecule has 0 atom stereocenters. The average molecular weight is 439 g/mol. The minimum absolute atomic E-state index is 1.20. The second kappa shape index (κ2) is 6.25. The van der Waals surface area contributed by atoms with E-state index >= 15 is 0 Å². The van der Waals surface area contributed by atoms with Crippen molar-refractivity contribution in [2.75, 3.05) is 0 Å². The van der Waals surface area contributed by atoms with E-state index in [1.807, 2.05) is 11.3 Å². The number of nitrogens with zero attached hydrogens (tertiary/aromatic N) is 1. The summed E-state index contributed by atoms with van der Waals surface area (Å²) >= 11 is 1.91. The van der Waals surface area contributed by atoms with E-state index < -0.39 is 0 Å². The number of fused-ring (bicyclic) bond motifs is 10. The van der Waals surface area contributed by atoms with Gasteiger partial charge in [0.05, 0.1) is 11.0 Å². The molecular formula is C30H18N2S. The Morgan fingerprint density at radius 1 is 0.545 bits per heavy atom. The molecule has 3 aromatic heterocycles. The van der Waals surface area contributed by atoms with Gasteiger partial charge in [-0.2, -0.15) is 0 Å². The number of hydrogen-bond donors (Lipinski definition) is 1. The van der Waals surface area contributed by atoms with E-state index in [0.29, 0.717) is 0 Å². The van der Waals surface area contributed by atoms with Crippen LogP contribution < -0.4 is 0 Å². The fourth-order valence-electron chi connectivity index (χ4n) is 5.48. The third kappa shape index (κ3) is 2.27. The molecule has 3 heteroatoms. The lowest BCUT2D eigenvalue weighted by Crippen LogP contribution is -1.92. The van der Waals surface area contributed by atoms with E-state index in [0.717, 1.165) is 0 Å². The van der Waals surface area contributed by atoms with Gasteiger partial charge in [-0.05, 0) is 42.5 Å². The van der Waals surface area contributed by atoms with E-state index in [2.05, 4.69) is 113 Å². The third-order valence-electron chi connectivity index (χ3n) is 6.91. The molecule has 0 saturated carbocycles. The average Bonchev–Trinajstić information content (AvgIpc) is 3.52. The molecule has 8 rings (SSSR count). The number of thiophene rings is 1. The first kappa shape index (κ1) is 17.5. The van der Waals surface area contributed by atoms with Crippen LogP contribution >= 0.6 is 11.3 Å². The molecule has 33 heavy (non-hydrogen) atoms. The Balaban J connectivity index is 1.56. The zero-order valence-electron chi connectivity index (χ0n) is 17.7. The molecule has 5 aromatic carbocycles. The van der Waals surface area contributed by atoms with Crippen molar-refractivity contribution in [3.8, 4) is 5.69 Å². The summed E-state index contributed by atoms with van der Waals surface area (Å²) in [6.07, 6.45) is 0. The fourth-order valence-corrected chi connectivity index (χ4v) is 6.76. The SMILES string of the molecule is c1ccc(-n2c3ccccc3c3cc4c(cc32)sc2c4ccc3[nH]c4ccccc4c32)cc1. The van der Waals surface area contributed by atoms with Crippen molar-refractivity contribution in [3.05, 3.63) is 103 Å². The summed E-state index contributed by atoms with van der Waals surface area (Å²) in [5, 5.41) is 7.92. The molecule has 0 spiro atoms. The predicted octanol–water partition coefficient (Wildman–Crippen LogP) is 8.79. The second-order valence-corrected chi connectivity index (χ2v) is 9.74. The van der Waals surface area contributed by atoms with Crippen molar-refractivity contribution in [2.45, 2.75) is 0 Å². The van der Waals surface area contributed by atoms with Crippen LogP contribution in [0.25, 0.3) is 69.5 Å². The van der Waals surface area contributed by atoms with E-state index in [-0.39, 0.29) is 0 Å². The lowest BCUT2D eigenvalue weighted by molar-refractivity contribution is 1.18. The van der Waals surface area contributed by atoms with Crippen LogP contribution in [0.3, 0.4) is 0 Å². The monoisotopic (exact) mass is 438 g/mol. The Morgan fingerprint density at radius 2 is 1.33 bits per heavy atom. The topological polar surface area (TPSA) is 20.7 Å². The molecule has 0 radical (unpaired) electrons. The second-order valence-electron chi connectivity index (χ2n) is 8.69. The quantitative estimate of drug-likeness (QED) is 0.264. The van der Waals surface area contributed by atoms with Gasteiger partial charge in [0, 0.05) is 58.4 Å². The van der Waals surface area contributed by atoms with E-state index in [9.17, 15) is 0 Å². The molecule has 0 amide bonds. The highest BCUT2D eigenvalue weighted by Crippen LogP contribution is 2.44. The summed E-state index contributed by atoms with van der Waals surface area (Å²) in [4.78, 5) is 3.60. The highest BCUT2D eigenvalue weighted by atomic mass is 32.1. The van der Waals surface area contributed by atoms with Crippen LogP contribution in [0, 0.1) is 0 Å². The van der Waals surface area contributed by atoms with Crippen molar-refractivity contribution in [1.82, 2.24) is 9.55 Å². The lowest BCUT2D eigenvalue weighted by atomic mass is 10.1. The molecule has 3 heterocycles. The summed E-state index contributed by atoms with van der Waals surface area (Å²) in [6, 6.07) is 37.4. The maximum Gasteiger partial charge on any atom is 0.0555 e. The number of aromatic nitrogens is 2. The molecule has 8 aromatic rings. The van der Waals surface area contributed by atoms with Gasteiger partial charge in [-0.15, -0.1) is 11.3 Å². The van der Waals surface area contributed by atoms with Gasteiger partial charge in [-0.1, -0.05) is 60.7 Å². The summed E-state index contributed by atoms with van der Waals surface area (Å²) in [5.41, 5.74) is 6.11. The third-order valence-corrected chi connectivity index (χ3v) is 8.10. The maximum absolute atomic E-state index is 3.60. The minimum atomic E-state index is 1.20. The van der Waals surface area contributed by atoms with Gasteiger partial charge < -0.3 is 9.55 Å². The molecule has 0 aliphatic heterocycles. The van der Waals surface area contributed by atoms with Crippen LogP contribution in [0.15, 0.2) is 103 Å². The Bertz CT molecular complexity index is 2020. The van der Waals surface area contributed by atoms with Gasteiger partial charge in [-0.25, -0.2) is 0 Å². The van der Waals surface area contributed by atoms with Gasteiger partial charge in [0.15, 0.2) is 0 Å². The van der Waals surface area contributed by atoms with E-state index in [1.165, 1.54) is 69.5 Å². The van der Waals surface area contributed by atoms with Crippen molar-refractivity contribution < 1.29 is 0 Å². The smallest absolute Gasteiger partial charge is 0.0555 e. The first-order chi connectivity index (χ1) is 16.4. The molecule has 0 unspecified atom stereocenters. The van der Waals surface area contributed by atoms with E-state index in [1.54, 1.807) is 0 Å². The molecule has 0 bridgehead atoms. The van der Waals surface area contributed by atoms with Gasteiger partial charge in [0.2, 0.25) is 0 Å². The molecule has 0 fully saturated rings. The first-order valence-corrected chi connectivity index (χ1v) is 12.0. The normalized spacial score (nSPS) is 12.2. The predicted molar refractivity (Wildman–Crippen MR) is 143 cm³/mol. The van der Waals surface area contributed by atoms with Crippen molar-refractivity contribution in [1.29, 1.82) is 0 Å². The van der Waals surface area contributed by atoms with Crippen LogP contribution in [0.1, 0.15) is 0 Å². The van der Waals surface area contributed by atoms with Crippen LogP contribution in [0.2, 0.25) is 0 Å². The van der Waals surface area contributed by atoms with Gasteiger partial charge in [0.1, 0.15) is 0 Å². The largest absolute Gasteiger partial charge is 0.354 e. The Labute approximate surface area is 193 Å². The van der Waals surface area contributed by atoms with Crippen LogP contribution in [0.5, 0.6) is 0 Å². The number of benzene rings is 5. The summed E-state index contributed by atoms with van der Waals surface area (Å²) in [6.45, 7) is 0. The lowest BCUT2D eigenvalue weighted by Gasteiger charge is -2.07. The number of hydrogen-bond acceptors (Lipinski definition) is 1. The van der Waals surface area contributed by atoms with E-state index in [4.69, 9.17) is 0 Å². The molecule has 1 N–H and O–H groups in total. The Hall–Kier alpha value is -4.08. The Morgan fingerprint density at radius 3 is 2.24 bits per heavy atom. The van der Waals surface area contributed by atoms with Crippen LogP contribution in [-0.2, 0) is 0 Å². The number of nitrogens with one attached hydrogen (secondary N) is 1. The molecule has 0 aliphatic carbocycles. The molecule has 2 nitrogen and oxygen atoms in total. The number of para-hydroxylation sites is 3. The molecule has 154 valence electrons. The van der Waals surface area contributed by atoms with Gasteiger partial charge in [-0.3, -0.25) is 0 Å². The number of H-pyrrole nitrogens is 1. The summed E-state index contributed by atoms with van der Waals surface area (Å²) in [7, 11) is 0. The maximum atomic E-state index is 3.60. The molecular weight excluding hydrogens is 420 g/mol. The number of aromatic amines is 1. The zero-order valence-corrected chi connectivity index (χ0v) is 18.5. The molecule has 0 saturated heterocycles. The zero-order chi connectivity index (χ0) is 21.5. The van der Waals surface area contributed by atoms with Gasteiger partial charge in [0.25, 0.3) is 0 Å². The number of rotatable bonds is 1. The van der Waals surface area contributed by atoms with Crippen LogP contribution in [-0.4, -0.2) is 9.55 Å². The van der Waals surface area contributed by atoms with Crippen molar-refractivity contribution >= 4 is 75.1 Å². The van der Waals surface area contributed by atoms with Crippen molar-refractivity contribution in [3.63, 3.8) is 0 Å².